The molecule has 0 bridgehead atoms. The summed E-state index contributed by atoms with van der Waals surface area (Å²) in [6, 6.07) is 19.7. The van der Waals surface area contributed by atoms with Crippen LogP contribution in [0.3, 0.4) is 0 Å². The fraction of sp³-hybridized carbons (Fsp3) is 0.467. The number of carbonyl (C=O) groups is 1. The fourth-order valence-corrected chi connectivity index (χ4v) is 9.25. The molecule has 0 spiro atoms. The van der Waals surface area contributed by atoms with Crippen LogP contribution in [0.4, 0.5) is 0 Å². The summed E-state index contributed by atoms with van der Waals surface area (Å²) in [7, 11) is 0. The predicted molar refractivity (Wildman–Crippen MR) is 212 cm³/mol. The number of phenols is 1. The molecule has 7 rings (SSSR count). The number of fused-ring (bicyclic) bond motifs is 3. The first-order valence-corrected chi connectivity index (χ1v) is 20.1. The number of hydrogen-bond donors (Lipinski definition) is 3. The van der Waals surface area contributed by atoms with Gasteiger partial charge in [0.25, 0.3) is 5.91 Å². The number of phenolic OH excluding ortho intramolecular Hbond substituents is 1. The fourth-order valence-electron chi connectivity index (χ4n) is 9.25. The minimum atomic E-state index is -1.39. The van der Waals surface area contributed by atoms with Crippen LogP contribution < -0.4 is 14.2 Å². The third-order valence-electron chi connectivity index (χ3n) is 11.6. The highest BCUT2D eigenvalue weighted by atomic mass is 16.7. The van der Waals surface area contributed by atoms with Crippen LogP contribution >= 0.6 is 0 Å². The number of allylic oxidation sites excluding steroid dienone is 1. The van der Waals surface area contributed by atoms with Crippen molar-refractivity contribution < 1.29 is 43.9 Å². The van der Waals surface area contributed by atoms with E-state index in [9.17, 15) is 20.1 Å². The number of aromatic hydroxyl groups is 1. The Morgan fingerprint density at radius 1 is 0.982 bits per heavy atom. The molecule has 4 aliphatic rings. The highest BCUT2D eigenvalue weighted by Crippen LogP contribution is 2.62. The summed E-state index contributed by atoms with van der Waals surface area (Å²) in [5.41, 5.74) is 3.95. The summed E-state index contributed by atoms with van der Waals surface area (Å²) >= 11 is 0. The molecule has 298 valence electrons. The first-order chi connectivity index (χ1) is 27.4. The van der Waals surface area contributed by atoms with Gasteiger partial charge in [-0.15, -0.1) is 6.58 Å². The van der Waals surface area contributed by atoms with Crippen molar-refractivity contribution in [1.29, 1.82) is 0 Å². The molecule has 6 unspecified atom stereocenters. The van der Waals surface area contributed by atoms with Crippen molar-refractivity contribution >= 4 is 11.6 Å². The van der Waals surface area contributed by atoms with E-state index < -0.39 is 17.7 Å². The lowest BCUT2D eigenvalue weighted by molar-refractivity contribution is -0.254. The first-order valence-electron chi connectivity index (χ1n) is 20.1. The van der Waals surface area contributed by atoms with E-state index in [0.29, 0.717) is 54.3 Å². The lowest BCUT2D eigenvalue weighted by atomic mass is 9.55. The molecule has 0 saturated heterocycles. The van der Waals surface area contributed by atoms with E-state index >= 15 is 0 Å². The van der Waals surface area contributed by atoms with Crippen LogP contribution in [-0.2, 0) is 16.2 Å². The first kappa shape index (κ1) is 39.4. The van der Waals surface area contributed by atoms with Gasteiger partial charge in [-0.2, -0.15) is 0 Å². The van der Waals surface area contributed by atoms with Crippen molar-refractivity contribution in [2.45, 2.75) is 82.6 Å². The van der Waals surface area contributed by atoms with E-state index in [4.69, 9.17) is 28.9 Å². The van der Waals surface area contributed by atoms with Crippen molar-refractivity contribution in [3.8, 4) is 23.0 Å². The maximum absolute atomic E-state index is 14.9. The summed E-state index contributed by atoms with van der Waals surface area (Å²) in [6.07, 6.45) is 9.57. The predicted octanol–water partition coefficient (Wildman–Crippen LogP) is 7.51. The second kappa shape index (κ2) is 18.0. The third-order valence-corrected chi connectivity index (χ3v) is 11.6. The Kier molecular flexibility index (Phi) is 12.6. The number of ether oxygens (including phenoxy) is 4. The smallest absolute Gasteiger partial charge is 0.254 e. The van der Waals surface area contributed by atoms with Crippen LogP contribution in [-0.4, -0.2) is 76.8 Å². The van der Waals surface area contributed by atoms with Gasteiger partial charge in [0.2, 0.25) is 12.6 Å². The Morgan fingerprint density at radius 2 is 1.75 bits per heavy atom. The van der Waals surface area contributed by atoms with E-state index in [1.807, 2.05) is 42.2 Å². The average Bonchev–Trinajstić information content (AvgIpc) is 3.69. The molecule has 11 nitrogen and oxygen atoms in total. The van der Waals surface area contributed by atoms with Crippen LogP contribution in [0.15, 0.2) is 96.2 Å². The zero-order valence-electron chi connectivity index (χ0n) is 32.2. The van der Waals surface area contributed by atoms with Gasteiger partial charge < -0.3 is 44.0 Å². The zero-order valence-corrected chi connectivity index (χ0v) is 32.2. The molecule has 3 N–H and O–H groups in total. The second-order valence-electron chi connectivity index (χ2n) is 15.1. The highest BCUT2D eigenvalue weighted by molar-refractivity contribution is 6.03. The number of hydrogen-bond acceptors (Lipinski definition) is 10. The van der Waals surface area contributed by atoms with Crippen LogP contribution in [0.1, 0.15) is 85.7 Å². The minimum Gasteiger partial charge on any atom is -0.508 e. The van der Waals surface area contributed by atoms with E-state index in [1.54, 1.807) is 42.5 Å². The summed E-state index contributed by atoms with van der Waals surface area (Å²) in [5.74, 6) is -0.315. The molecule has 2 aliphatic heterocycles. The monoisotopic (exact) mass is 766 g/mol. The number of oxime groups is 1. The van der Waals surface area contributed by atoms with Crippen molar-refractivity contribution in [2.75, 3.05) is 33.2 Å². The van der Waals surface area contributed by atoms with Crippen LogP contribution in [0.25, 0.3) is 0 Å². The summed E-state index contributed by atoms with van der Waals surface area (Å²) in [4.78, 5) is 23.0. The molecule has 1 saturated carbocycles. The molecule has 2 aliphatic carbocycles. The Bertz CT molecular complexity index is 1900. The maximum Gasteiger partial charge on any atom is 0.254 e. The van der Waals surface area contributed by atoms with Gasteiger partial charge in [-0.1, -0.05) is 67.4 Å². The lowest BCUT2D eigenvalue weighted by Crippen LogP contribution is -2.70. The van der Waals surface area contributed by atoms with Crippen LogP contribution in [0.2, 0.25) is 0 Å². The Hall–Kier alpha value is -4.84. The van der Waals surface area contributed by atoms with Crippen molar-refractivity contribution in [3.63, 3.8) is 0 Å². The van der Waals surface area contributed by atoms with Crippen molar-refractivity contribution in [3.05, 3.63) is 108 Å². The molecule has 1 amide bonds. The van der Waals surface area contributed by atoms with Crippen LogP contribution in [0, 0.1) is 17.8 Å². The van der Waals surface area contributed by atoms with Gasteiger partial charge in [0.15, 0.2) is 11.5 Å². The molecule has 56 heavy (non-hydrogen) atoms. The van der Waals surface area contributed by atoms with Gasteiger partial charge in [0.05, 0.1) is 18.2 Å². The van der Waals surface area contributed by atoms with Gasteiger partial charge in [-0.3, -0.25) is 4.79 Å². The molecular weight excluding hydrogens is 713 g/mol. The summed E-state index contributed by atoms with van der Waals surface area (Å²) in [5, 5.41) is 35.5. The quantitative estimate of drug-likeness (QED) is 0.0682. The standard InChI is InChI=1S/C45H54N2O9/c1-3-20-47(44(51)32-16-18-39-40(25-32)53-29-52-39)41-27-37(46-55-28-30-12-6-5-7-13-30)35-24-31(14-8-10-21-48)34(15-9-11-22-49)42-36-26-33(50)17-19-38(36)56-45(41,43(35)42)54-23-4-2/h4-7,12-13,16-19,24-26,31,34,41-43,48-50H,2-3,8-11,14-15,20-23,27-29H2,1H3. The van der Waals surface area contributed by atoms with Gasteiger partial charge in [0.1, 0.15) is 24.1 Å². The van der Waals surface area contributed by atoms with Gasteiger partial charge >= 0.3 is 0 Å². The average molecular weight is 767 g/mol. The molecule has 2 heterocycles. The minimum absolute atomic E-state index is 0.0552. The number of aliphatic hydroxyl groups is 2. The largest absolute Gasteiger partial charge is 0.508 e. The molecule has 11 heteroatoms. The number of nitrogens with zero attached hydrogens (tertiary/aromatic N) is 2. The Labute approximate surface area is 329 Å². The summed E-state index contributed by atoms with van der Waals surface area (Å²) < 4.78 is 25.5. The normalized spacial score (nSPS) is 25.1. The summed E-state index contributed by atoms with van der Waals surface area (Å²) in [6.45, 7) is 7.18. The molecule has 0 aromatic heterocycles. The SMILES string of the molecule is C=CCOC12Oc3ccc(O)cc3C3C(CCCCO)C(CCCCO)C=C(C(=NOCc4ccccc4)CC1N(CCC)C(=O)c1ccc4c(c1)OCO4)C32. The van der Waals surface area contributed by atoms with E-state index in [-0.39, 0.29) is 69.1 Å². The Balaban J connectivity index is 1.42. The zero-order chi connectivity index (χ0) is 39.1. The Morgan fingerprint density at radius 3 is 2.52 bits per heavy atom. The number of rotatable bonds is 18. The van der Waals surface area contributed by atoms with E-state index in [1.165, 1.54) is 0 Å². The maximum atomic E-state index is 14.9. The van der Waals surface area contributed by atoms with Gasteiger partial charge in [-0.25, -0.2) is 0 Å². The molecule has 3 aromatic rings. The molecular formula is C45H54N2O9. The van der Waals surface area contributed by atoms with Crippen molar-refractivity contribution in [2.24, 2.45) is 22.9 Å². The van der Waals surface area contributed by atoms with Crippen molar-refractivity contribution in [1.82, 2.24) is 4.90 Å². The lowest BCUT2D eigenvalue weighted by Gasteiger charge is -2.60. The van der Waals surface area contributed by atoms with E-state index in [2.05, 4.69) is 12.7 Å². The molecule has 0 radical (unpaired) electrons. The number of benzene rings is 3. The molecule has 6 atom stereocenters. The molecule has 1 fully saturated rings. The van der Waals surface area contributed by atoms with E-state index in [0.717, 1.165) is 42.4 Å². The topological polar surface area (TPSA) is 140 Å². The number of amides is 1. The molecule has 3 aromatic carbocycles. The highest BCUT2D eigenvalue weighted by Gasteiger charge is 2.65. The second-order valence-corrected chi connectivity index (χ2v) is 15.1. The number of aliphatic hydroxyl groups excluding tert-OH is 2. The third kappa shape index (κ3) is 7.90. The number of carbonyl (C=O) groups excluding carboxylic acids is 1. The van der Waals surface area contributed by atoms with Gasteiger partial charge in [0, 0.05) is 43.2 Å². The number of unbranched alkanes of at least 4 members (excludes halogenated alkanes) is 2. The van der Waals surface area contributed by atoms with Gasteiger partial charge in [-0.05, 0) is 91.5 Å². The van der Waals surface area contributed by atoms with Crippen LogP contribution in [0.5, 0.6) is 23.0 Å².